The van der Waals surface area contributed by atoms with E-state index in [9.17, 15) is 9.59 Å². The highest BCUT2D eigenvalue weighted by Gasteiger charge is 2.03. The number of hydrogen-bond donors (Lipinski definition) is 3. The van der Waals surface area contributed by atoms with Gasteiger partial charge in [0.15, 0.2) is 0 Å². The molecular formula is C11H12N4O2. The van der Waals surface area contributed by atoms with Crippen molar-refractivity contribution in [2.24, 2.45) is 0 Å². The van der Waals surface area contributed by atoms with Crippen molar-refractivity contribution >= 4 is 11.5 Å². The fourth-order valence-corrected chi connectivity index (χ4v) is 1.51. The van der Waals surface area contributed by atoms with Gasteiger partial charge in [-0.25, -0.2) is 4.79 Å². The van der Waals surface area contributed by atoms with Crippen LogP contribution in [-0.2, 0) is 6.54 Å². The van der Waals surface area contributed by atoms with Crippen molar-refractivity contribution in [3.05, 3.63) is 56.7 Å². The Kier molecular flexibility index (Phi) is 2.70. The second-order valence-electron chi connectivity index (χ2n) is 3.69. The molecule has 0 aliphatic heterocycles. The van der Waals surface area contributed by atoms with Crippen molar-refractivity contribution in [3.8, 4) is 0 Å². The quantitative estimate of drug-likeness (QED) is 0.620. The summed E-state index contributed by atoms with van der Waals surface area (Å²) in [6.07, 6.45) is 0. The monoisotopic (exact) mass is 232 g/mol. The Morgan fingerprint density at radius 3 is 2.35 bits per heavy atom. The number of aromatic amines is 1. The van der Waals surface area contributed by atoms with Gasteiger partial charge in [0.05, 0.1) is 6.54 Å². The lowest BCUT2D eigenvalue weighted by Crippen LogP contribution is -2.31. The van der Waals surface area contributed by atoms with Crippen LogP contribution >= 0.6 is 0 Å². The molecule has 0 amide bonds. The van der Waals surface area contributed by atoms with Gasteiger partial charge in [0.1, 0.15) is 5.82 Å². The Labute approximate surface area is 96.5 Å². The van der Waals surface area contributed by atoms with Gasteiger partial charge < -0.3 is 11.5 Å². The highest BCUT2D eigenvalue weighted by atomic mass is 16.2. The molecule has 1 aromatic heterocycles. The first-order valence-corrected chi connectivity index (χ1v) is 5.00. The van der Waals surface area contributed by atoms with Crippen LogP contribution in [0.15, 0.2) is 39.9 Å². The maximum atomic E-state index is 11.5. The minimum Gasteiger partial charge on any atom is -0.399 e. The molecule has 0 fully saturated rings. The summed E-state index contributed by atoms with van der Waals surface area (Å²) >= 11 is 0. The normalized spacial score (nSPS) is 10.4. The predicted molar refractivity (Wildman–Crippen MR) is 65.7 cm³/mol. The van der Waals surface area contributed by atoms with E-state index >= 15 is 0 Å². The fourth-order valence-electron chi connectivity index (χ4n) is 1.51. The molecule has 0 radical (unpaired) electrons. The van der Waals surface area contributed by atoms with Crippen LogP contribution in [0.1, 0.15) is 5.56 Å². The summed E-state index contributed by atoms with van der Waals surface area (Å²) in [7, 11) is 0. The van der Waals surface area contributed by atoms with Crippen LogP contribution in [0.25, 0.3) is 0 Å². The van der Waals surface area contributed by atoms with Crippen LogP contribution in [0, 0.1) is 0 Å². The number of hydrogen-bond acceptors (Lipinski definition) is 4. The molecule has 0 saturated heterocycles. The zero-order valence-corrected chi connectivity index (χ0v) is 9.01. The summed E-state index contributed by atoms with van der Waals surface area (Å²) in [5.74, 6) is 0.135. The minimum absolute atomic E-state index is 0.135. The van der Waals surface area contributed by atoms with E-state index in [-0.39, 0.29) is 5.82 Å². The third kappa shape index (κ3) is 2.36. The van der Waals surface area contributed by atoms with Crippen molar-refractivity contribution < 1.29 is 0 Å². The Bertz CT molecular complexity index is 640. The van der Waals surface area contributed by atoms with Crippen molar-refractivity contribution in [2.45, 2.75) is 6.54 Å². The van der Waals surface area contributed by atoms with Crippen LogP contribution in [0.2, 0.25) is 0 Å². The highest BCUT2D eigenvalue weighted by Crippen LogP contribution is 2.07. The average Bonchev–Trinajstić information content (AvgIpc) is 2.26. The maximum Gasteiger partial charge on any atom is 0.330 e. The lowest BCUT2D eigenvalue weighted by atomic mass is 10.2. The first-order valence-electron chi connectivity index (χ1n) is 5.00. The molecule has 17 heavy (non-hydrogen) atoms. The second kappa shape index (κ2) is 4.17. The molecule has 6 heteroatoms. The van der Waals surface area contributed by atoms with E-state index in [1.54, 1.807) is 24.3 Å². The van der Waals surface area contributed by atoms with Crippen LogP contribution in [0.5, 0.6) is 0 Å². The van der Waals surface area contributed by atoms with Gasteiger partial charge in [-0.05, 0) is 17.7 Å². The van der Waals surface area contributed by atoms with E-state index in [4.69, 9.17) is 11.5 Å². The standard InChI is InChI=1S/C11H12N4O2/c12-8-3-1-7(2-4-8)6-15-9(13)5-10(16)14-11(15)17/h1-5H,6,12-13H2,(H,14,16,17). The molecule has 0 unspecified atom stereocenters. The van der Waals surface area contributed by atoms with E-state index in [1.165, 1.54) is 10.6 Å². The lowest BCUT2D eigenvalue weighted by Gasteiger charge is -2.08. The van der Waals surface area contributed by atoms with Crippen molar-refractivity contribution in [2.75, 3.05) is 11.5 Å². The van der Waals surface area contributed by atoms with Gasteiger partial charge in [0.2, 0.25) is 0 Å². The number of aromatic nitrogens is 2. The number of nitrogens with one attached hydrogen (secondary N) is 1. The molecule has 0 bridgehead atoms. The van der Waals surface area contributed by atoms with E-state index in [1.807, 2.05) is 0 Å². The molecule has 0 spiro atoms. The topological polar surface area (TPSA) is 107 Å². The molecule has 0 aliphatic rings. The largest absolute Gasteiger partial charge is 0.399 e. The summed E-state index contributed by atoms with van der Waals surface area (Å²) in [6, 6.07) is 8.25. The van der Waals surface area contributed by atoms with Crippen molar-refractivity contribution in [3.63, 3.8) is 0 Å². The molecule has 0 saturated carbocycles. The molecule has 0 aliphatic carbocycles. The van der Waals surface area contributed by atoms with Crippen LogP contribution < -0.4 is 22.7 Å². The van der Waals surface area contributed by atoms with E-state index < -0.39 is 11.2 Å². The molecule has 0 atom stereocenters. The number of nitrogens with zero attached hydrogens (tertiary/aromatic N) is 1. The molecular weight excluding hydrogens is 220 g/mol. The molecule has 88 valence electrons. The van der Waals surface area contributed by atoms with Crippen LogP contribution in [0.3, 0.4) is 0 Å². The zero-order valence-electron chi connectivity index (χ0n) is 9.01. The fraction of sp³-hybridized carbons (Fsp3) is 0.0909. The third-order valence-electron chi connectivity index (χ3n) is 2.39. The number of nitrogens with two attached hydrogens (primary N) is 2. The molecule has 6 nitrogen and oxygen atoms in total. The van der Waals surface area contributed by atoms with Crippen LogP contribution in [-0.4, -0.2) is 9.55 Å². The predicted octanol–water partition coefficient (Wildman–Crippen LogP) is -0.251. The van der Waals surface area contributed by atoms with E-state index in [0.717, 1.165) is 5.56 Å². The van der Waals surface area contributed by atoms with Gasteiger partial charge in [0, 0.05) is 11.8 Å². The minimum atomic E-state index is -0.521. The summed E-state index contributed by atoms with van der Waals surface area (Å²) in [6.45, 7) is 0.293. The molecule has 1 heterocycles. The number of H-pyrrole nitrogens is 1. The number of rotatable bonds is 2. The van der Waals surface area contributed by atoms with Crippen molar-refractivity contribution in [1.82, 2.24) is 9.55 Å². The maximum absolute atomic E-state index is 11.5. The summed E-state index contributed by atoms with van der Waals surface area (Å²) < 4.78 is 1.28. The number of anilines is 2. The SMILES string of the molecule is Nc1ccc(Cn2c(N)cc(=O)[nH]c2=O)cc1. The lowest BCUT2D eigenvalue weighted by molar-refractivity contribution is 0.733. The van der Waals surface area contributed by atoms with Crippen molar-refractivity contribution in [1.29, 1.82) is 0 Å². The van der Waals surface area contributed by atoms with Gasteiger partial charge in [0.25, 0.3) is 5.56 Å². The zero-order chi connectivity index (χ0) is 12.4. The highest BCUT2D eigenvalue weighted by molar-refractivity contribution is 5.39. The van der Waals surface area contributed by atoms with Gasteiger partial charge in [-0.15, -0.1) is 0 Å². The van der Waals surface area contributed by atoms with Crippen LogP contribution in [0.4, 0.5) is 11.5 Å². The molecule has 2 aromatic rings. The van der Waals surface area contributed by atoms with Gasteiger partial charge in [-0.1, -0.05) is 12.1 Å². The molecule has 1 aromatic carbocycles. The summed E-state index contributed by atoms with van der Waals surface area (Å²) in [5, 5.41) is 0. The number of nitrogen functional groups attached to an aromatic ring is 2. The Balaban J connectivity index is 2.40. The third-order valence-corrected chi connectivity index (χ3v) is 2.39. The van der Waals surface area contributed by atoms with Gasteiger partial charge in [-0.2, -0.15) is 0 Å². The average molecular weight is 232 g/mol. The van der Waals surface area contributed by atoms with E-state index in [0.29, 0.717) is 12.2 Å². The second-order valence-corrected chi connectivity index (χ2v) is 3.69. The number of benzene rings is 1. The smallest absolute Gasteiger partial charge is 0.330 e. The Morgan fingerprint density at radius 1 is 1.12 bits per heavy atom. The van der Waals surface area contributed by atoms with E-state index in [2.05, 4.69) is 4.98 Å². The Hall–Kier alpha value is -2.50. The molecule has 5 N–H and O–H groups in total. The van der Waals surface area contributed by atoms with Gasteiger partial charge >= 0.3 is 5.69 Å². The summed E-state index contributed by atoms with van der Waals surface area (Å²) in [5.41, 5.74) is 11.7. The summed E-state index contributed by atoms with van der Waals surface area (Å²) in [4.78, 5) is 24.7. The first-order chi connectivity index (χ1) is 8.06. The first kappa shape index (κ1) is 11.0. The Morgan fingerprint density at radius 2 is 1.76 bits per heavy atom. The molecule has 2 rings (SSSR count). The van der Waals surface area contributed by atoms with Gasteiger partial charge in [-0.3, -0.25) is 14.3 Å².